The number of hydrogen-bond donors (Lipinski definition) is 1. The van der Waals surface area contributed by atoms with E-state index in [0.29, 0.717) is 113 Å². The molecule has 6 unspecified atom stereocenters. The topological polar surface area (TPSA) is 179 Å². The Labute approximate surface area is 771 Å². The minimum absolute atomic E-state index is 0. The lowest BCUT2D eigenvalue weighted by molar-refractivity contribution is -0.130. The zero-order valence-electron chi connectivity index (χ0n) is 71.5. The average Bonchev–Trinajstić information content (AvgIpc) is 1.61. The van der Waals surface area contributed by atoms with E-state index in [1.54, 1.807) is 43.0 Å². The predicted molar refractivity (Wildman–Crippen MR) is 506 cm³/mol. The van der Waals surface area contributed by atoms with Crippen LogP contribution in [0.1, 0.15) is 155 Å². The van der Waals surface area contributed by atoms with Crippen molar-refractivity contribution in [3.8, 4) is 34.5 Å². The van der Waals surface area contributed by atoms with Crippen molar-refractivity contribution >= 4 is 125 Å². The van der Waals surface area contributed by atoms with Crippen molar-refractivity contribution < 1.29 is 52.4 Å². The fourth-order valence-electron chi connectivity index (χ4n) is 16.7. The molecule has 0 bridgehead atoms. The molecule has 658 valence electrons. The van der Waals surface area contributed by atoms with Crippen molar-refractivity contribution in [2.24, 2.45) is 0 Å². The second-order valence-electron chi connectivity index (χ2n) is 32.0. The highest BCUT2D eigenvalue weighted by molar-refractivity contribution is 9.10. The number of piperazine rings is 3. The first kappa shape index (κ1) is 94.0. The third-order valence-electron chi connectivity index (χ3n) is 22.6. The molecule has 6 atom stereocenters. The Hall–Kier alpha value is -10.2. The van der Waals surface area contributed by atoms with Gasteiger partial charge in [0.15, 0.2) is 0 Å². The lowest BCUT2D eigenvalue weighted by Crippen LogP contribution is -2.53. The molecule has 125 heavy (non-hydrogen) atoms. The number of halogens is 6. The standard InChI is InChI=1S/C34H39Br2N3O3.C33H35Cl2N3O4.C31H31Cl2N3O4.CH4/c1-5-16-37-17-19-38(20-18-37)34(40)39-31(29-15-14-28(41-4)21-32(29)42-23(2)3)22-30(24-6-10-26(35)11-7-24)33(39)25-8-12-27(36)13-9-25;1-21(2)42-31-19-27(41-4)13-14-28(31)30-20-29(23-5-9-25(34)10-6-23)32(24-7-11-26(35)12-8-24)38(30)33(40)37-17-15-36(16-18-37)22(3)39;1-19(2)40-28-16-24(39-3)12-13-25(28)27-17-26(20-4-8-22(32)9-5-20)30(21-6-10-23(33)11-7-21)36(27)31(38)35-15-14-34-29(37)18-35;/h6-15,21-23,30,33H,5,16-20H2,1-4H3;5-14,19-21,29,32H,15-18H2,1-4H3;4-13,16-17,19,26,30H,14-15,18H2,1-3H3,(H,34,37);1H4. The molecule has 0 aliphatic carbocycles. The number of hydrogen-bond acceptors (Lipinski definition) is 12. The summed E-state index contributed by atoms with van der Waals surface area (Å²) in [5.41, 5.74) is 10.8. The summed E-state index contributed by atoms with van der Waals surface area (Å²) < 4.78 is 37.4. The van der Waals surface area contributed by atoms with Crippen LogP contribution in [0.4, 0.5) is 14.4 Å². The van der Waals surface area contributed by atoms with E-state index in [1.807, 2.05) is 213 Å². The van der Waals surface area contributed by atoms with Crippen molar-refractivity contribution in [1.82, 2.24) is 44.5 Å². The van der Waals surface area contributed by atoms with E-state index in [0.717, 1.165) is 96.5 Å². The molecule has 26 heteroatoms. The fourth-order valence-corrected chi connectivity index (χ4v) is 17.8. The minimum Gasteiger partial charge on any atom is -0.497 e. The number of benzene rings is 9. The summed E-state index contributed by atoms with van der Waals surface area (Å²) in [4.78, 5) is 83.3. The van der Waals surface area contributed by atoms with Crippen LogP contribution in [0.2, 0.25) is 20.1 Å². The third-order valence-corrected chi connectivity index (χ3v) is 24.7. The van der Waals surface area contributed by atoms with Gasteiger partial charge in [-0.1, -0.05) is 165 Å². The Morgan fingerprint density at radius 2 is 0.688 bits per heavy atom. The number of rotatable bonds is 20. The molecule has 6 aliphatic rings. The first-order valence-corrected chi connectivity index (χ1v) is 45.0. The molecule has 20 nitrogen and oxygen atoms in total. The highest BCUT2D eigenvalue weighted by Gasteiger charge is 2.48. The van der Waals surface area contributed by atoms with Gasteiger partial charge in [-0.3, -0.25) is 29.2 Å². The normalized spacial score (nSPS) is 18.8. The van der Waals surface area contributed by atoms with Gasteiger partial charge in [0.2, 0.25) is 11.8 Å². The van der Waals surface area contributed by atoms with Crippen LogP contribution in [0.15, 0.2) is 227 Å². The molecule has 0 saturated carbocycles. The Kier molecular flexibility index (Phi) is 32.2. The van der Waals surface area contributed by atoms with Crippen molar-refractivity contribution in [2.45, 2.75) is 123 Å². The van der Waals surface area contributed by atoms with Crippen molar-refractivity contribution in [3.05, 3.63) is 298 Å². The summed E-state index contributed by atoms with van der Waals surface area (Å²) in [6, 6.07) is 63.1. The second kappa shape index (κ2) is 42.9. The average molecular weight is 1900 g/mol. The fraction of sp³-hybridized carbons (Fsp3) is 0.343. The smallest absolute Gasteiger partial charge is 0.325 e. The molecule has 6 heterocycles. The first-order chi connectivity index (χ1) is 59.7. The molecule has 0 aromatic heterocycles. The lowest BCUT2D eigenvalue weighted by Gasteiger charge is -2.40. The molecule has 1 N–H and O–H groups in total. The molecule has 0 radical (unpaired) electrons. The molecular weight excluding hydrogens is 1790 g/mol. The number of nitrogens with one attached hydrogen (secondary N) is 1. The third kappa shape index (κ3) is 22.4. The van der Waals surface area contributed by atoms with E-state index in [9.17, 15) is 24.0 Å². The van der Waals surface area contributed by atoms with Gasteiger partial charge in [0.25, 0.3) is 0 Å². The molecular formula is C99H109Br2Cl4N9O11. The van der Waals surface area contributed by atoms with E-state index in [-0.39, 0.29) is 92.0 Å². The van der Waals surface area contributed by atoms with E-state index in [1.165, 1.54) is 0 Å². The molecule has 0 spiro atoms. The Bertz CT molecular complexity index is 5340. The summed E-state index contributed by atoms with van der Waals surface area (Å²) in [6.45, 7) is 22.5. The summed E-state index contributed by atoms with van der Waals surface area (Å²) in [5.74, 6) is 3.31. The maximum Gasteiger partial charge on any atom is 0.325 e. The molecule has 6 aliphatic heterocycles. The quantitative estimate of drug-likeness (QED) is 0.0764. The van der Waals surface area contributed by atoms with Gasteiger partial charge in [-0.15, -0.1) is 0 Å². The van der Waals surface area contributed by atoms with Gasteiger partial charge in [-0.25, -0.2) is 14.4 Å². The summed E-state index contributed by atoms with van der Waals surface area (Å²) >= 11 is 32.3. The van der Waals surface area contributed by atoms with Crippen molar-refractivity contribution in [2.75, 3.05) is 99.9 Å². The second-order valence-corrected chi connectivity index (χ2v) is 35.6. The van der Waals surface area contributed by atoms with Gasteiger partial charge in [0.05, 0.1) is 74.9 Å². The van der Waals surface area contributed by atoms with Gasteiger partial charge in [0.1, 0.15) is 41.0 Å². The van der Waals surface area contributed by atoms with E-state index >= 15 is 0 Å². The van der Waals surface area contributed by atoms with Crippen LogP contribution in [0.25, 0.3) is 17.1 Å². The van der Waals surface area contributed by atoms with Crippen LogP contribution in [0, 0.1) is 0 Å². The van der Waals surface area contributed by atoms with Crippen LogP contribution in [0.3, 0.4) is 0 Å². The number of methoxy groups -OCH3 is 3. The van der Waals surface area contributed by atoms with Crippen molar-refractivity contribution in [1.29, 1.82) is 0 Å². The molecule has 9 aromatic rings. The molecule has 8 amide bonds. The van der Waals surface area contributed by atoms with Crippen LogP contribution in [0.5, 0.6) is 34.5 Å². The highest BCUT2D eigenvalue weighted by Crippen LogP contribution is 2.55. The van der Waals surface area contributed by atoms with Crippen LogP contribution >= 0.6 is 78.3 Å². The monoisotopic (exact) mass is 1900 g/mol. The summed E-state index contributed by atoms with van der Waals surface area (Å²) in [6.07, 6.45) is 7.35. The first-order valence-electron chi connectivity index (χ1n) is 41.9. The maximum atomic E-state index is 14.7. The van der Waals surface area contributed by atoms with E-state index in [2.05, 4.69) is 116 Å². The van der Waals surface area contributed by atoms with Gasteiger partial charge in [-0.2, -0.15) is 0 Å². The van der Waals surface area contributed by atoms with Gasteiger partial charge >= 0.3 is 18.1 Å². The molecule has 3 fully saturated rings. The van der Waals surface area contributed by atoms with Gasteiger partial charge in [0, 0.05) is 154 Å². The number of amides is 8. The molecule has 15 rings (SSSR count). The Balaban J connectivity index is 0.000000170. The molecule has 3 saturated heterocycles. The van der Waals surface area contributed by atoms with Crippen LogP contribution < -0.4 is 33.7 Å². The van der Waals surface area contributed by atoms with Crippen LogP contribution in [-0.4, -0.2) is 187 Å². The van der Waals surface area contributed by atoms with E-state index < -0.39 is 6.04 Å². The maximum absolute atomic E-state index is 14.7. The predicted octanol–water partition coefficient (Wildman–Crippen LogP) is 22.8. The zero-order valence-corrected chi connectivity index (χ0v) is 77.7. The largest absolute Gasteiger partial charge is 0.497 e. The SMILES string of the molecule is C.CCCN1CCN(C(=O)N2C(c3ccc(OC)cc3OC(C)C)=CC(c3ccc(Br)cc3)C2c2ccc(Br)cc2)CC1.COc1ccc(C2=CC(c3ccc(Cl)cc3)C(c3ccc(Cl)cc3)N2C(=O)N2CCN(C(C)=O)CC2)c(OC(C)C)c1.COc1ccc(C2=CC(c3ccc(Cl)cc3)C(c3ccc(Cl)cc3)N2C(=O)N2CCNC(=O)C2)c(OC(C)C)c1. The lowest BCUT2D eigenvalue weighted by atomic mass is 9.88. The minimum atomic E-state index is -0.417. The van der Waals surface area contributed by atoms with Gasteiger partial charge < -0.3 is 53.3 Å². The number of carbonyl (C=O) groups excluding carboxylic acids is 5. The molecule has 9 aromatic carbocycles. The van der Waals surface area contributed by atoms with E-state index in [4.69, 9.17) is 74.8 Å². The number of nitrogens with zero attached hydrogens (tertiary/aromatic N) is 8. The summed E-state index contributed by atoms with van der Waals surface area (Å²) in [5, 5.41) is 5.30. The Morgan fingerprint density at radius 1 is 0.400 bits per heavy atom. The zero-order chi connectivity index (χ0) is 88.2. The Morgan fingerprint density at radius 3 is 0.984 bits per heavy atom. The number of carbonyl (C=O) groups is 5. The van der Waals surface area contributed by atoms with Crippen molar-refractivity contribution in [3.63, 3.8) is 0 Å². The van der Waals surface area contributed by atoms with Gasteiger partial charge in [-0.05, 0) is 215 Å². The number of ether oxygens (including phenoxy) is 6. The van der Waals surface area contributed by atoms with Crippen LogP contribution in [-0.2, 0) is 9.59 Å². The highest BCUT2D eigenvalue weighted by atomic mass is 79.9. The summed E-state index contributed by atoms with van der Waals surface area (Å²) in [7, 11) is 4.88. The number of urea groups is 3.